The maximum Gasteiger partial charge on any atom is 0.339 e. The number of halogens is 2. The molecule has 0 saturated heterocycles. The summed E-state index contributed by atoms with van der Waals surface area (Å²) >= 11 is 10.5. The van der Waals surface area contributed by atoms with Gasteiger partial charge in [0, 0.05) is 10.2 Å². The van der Waals surface area contributed by atoms with E-state index < -0.39 is 5.97 Å². The van der Waals surface area contributed by atoms with Crippen LogP contribution in [-0.4, -0.2) is 44.9 Å². The minimum absolute atomic E-state index is 0.0765. The lowest BCUT2D eigenvalue weighted by Crippen LogP contribution is -2.15. The van der Waals surface area contributed by atoms with Gasteiger partial charge < -0.3 is 10.1 Å². The first-order valence-electron chi connectivity index (χ1n) is 7.83. The van der Waals surface area contributed by atoms with Gasteiger partial charge in [0.1, 0.15) is 0 Å². The molecule has 0 saturated carbocycles. The van der Waals surface area contributed by atoms with Crippen molar-refractivity contribution >= 4 is 56.9 Å². The van der Waals surface area contributed by atoms with E-state index in [-0.39, 0.29) is 22.2 Å². The average molecular weight is 483 g/mol. The Labute approximate surface area is 177 Å². The summed E-state index contributed by atoms with van der Waals surface area (Å²) < 4.78 is 7.15. The van der Waals surface area contributed by atoms with E-state index in [4.69, 9.17) is 11.6 Å². The first kappa shape index (κ1) is 20.3. The number of aromatic nitrogens is 4. The van der Waals surface area contributed by atoms with Crippen molar-refractivity contribution in [3.63, 3.8) is 0 Å². The summed E-state index contributed by atoms with van der Waals surface area (Å²) in [5, 5.41) is 15.0. The quantitative estimate of drug-likeness (QED) is 0.423. The molecule has 1 aromatic heterocycles. The Morgan fingerprint density at radius 2 is 2.00 bits per heavy atom. The van der Waals surface area contributed by atoms with Gasteiger partial charge in [-0.05, 0) is 52.9 Å². The molecule has 1 heterocycles. The van der Waals surface area contributed by atoms with Gasteiger partial charge in [-0.3, -0.25) is 4.79 Å². The Kier molecular flexibility index (Phi) is 6.65. The van der Waals surface area contributed by atoms with Crippen LogP contribution in [0.15, 0.2) is 52.1 Å². The van der Waals surface area contributed by atoms with Gasteiger partial charge in [-0.25, -0.2) is 4.79 Å². The van der Waals surface area contributed by atoms with Crippen molar-refractivity contribution in [2.45, 2.75) is 5.16 Å². The molecule has 1 amide bonds. The number of carbonyl (C=O) groups is 2. The topological polar surface area (TPSA) is 99.0 Å². The van der Waals surface area contributed by atoms with Crippen molar-refractivity contribution in [2.75, 3.05) is 18.2 Å². The Balaban J connectivity index is 1.65. The molecule has 2 aromatic carbocycles. The molecule has 28 heavy (non-hydrogen) atoms. The monoisotopic (exact) mass is 481 g/mol. The van der Waals surface area contributed by atoms with Crippen LogP contribution in [0, 0.1) is 0 Å². The maximum absolute atomic E-state index is 12.3. The van der Waals surface area contributed by atoms with Gasteiger partial charge in [0.05, 0.1) is 29.1 Å². The smallest absolute Gasteiger partial charge is 0.339 e. The number of methoxy groups -OCH3 is 1. The van der Waals surface area contributed by atoms with Crippen molar-refractivity contribution in [2.24, 2.45) is 0 Å². The molecule has 3 rings (SSSR count). The number of esters is 1. The van der Waals surface area contributed by atoms with E-state index in [9.17, 15) is 9.59 Å². The average Bonchev–Trinajstić information content (AvgIpc) is 3.16. The molecule has 8 nitrogen and oxygen atoms in total. The number of tetrazole rings is 1. The second-order valence-corrected chi connectivity index (χ2v) is 7.64. The molecule has 144 valence electrons. The van der Waals surface area contributed by atoms with Crippen molar-refractivity contribution in [1.29, 1.82) is 0 Å². The fraction of sp³-hybridized carbons (Fsp3) is 0.118. The zero-order valence-corrected chi connectivity index (χ0v) is 17.6. The molecule has 0 atom stereocenters. The van der Waals surface area contributed by atoms with E-state index in [0.29, 0.717) is 10.8 Å². The van der Waals surface area contributed by atoms with Crippen LogP contribution in [0.2, 0.25) is 5.02 Å². The van der Waals surface area contributed by atoms with Crippen LogP contribution in [0.4, 0.5) is 5.69 Å². The van der Waals surface area contributed by atoms with Crippen LogP contribution in [-0.2, 0) is 9.53 Å². The number of hydrogen-bond acceptors (Lipinski definition) is 7. The molecule has 0 bridgehead atoms. The number of anilines is 1. The number of thioether (sulfide) groups is 1. The molecular weight excluding hydrogens is 470 g/mol. The Hall–Kier alpha value is -2.43. The summed E-state index contributed by atoms with van der Waals surface area (Å²) in [6.45, 7) is 0. The van der Waals surface area contributed by atoms with Gasteiger partial charge in [0.15, 0.2) is 0 Å². The molecule has 11 heteroatoms. The highest BCUT2D eigenvalue weighted by Gasteiger charge is 2.14. The SMILES string of the molecule is COC(=O)c1cc(NC(=O)CSc2nnnn2-c2ccc(Br)cc2)ccc1Cl. The zero-order chi connectivity index (χ0) is 20.1. The van der Waals surface area contributed by atoms with Gasteiger partial charge in [0.25, 0.3) is 0 Å². The maximum atomic E-state index is 12.3. The number of hydrogen-bond donors (Lipinski definition) is 1. The Bertz CT molecular complexity index is 1010. The molecule has 0 aliphatic rings. The number of nitrogens with zero attached hydrogens (tertiary/aromatic N) is 4. The van der Waals surface area contributed by atoms with Gasteiger partial charge in [-0.15, -0.1) is 5.10 Å². The second kappa shape index (κ2) is 9.18. The molecule has 0 aliphatic carbocycles. The molecule has 3 aromatic rings. The summed E-state index contributed by atoms with van der Waals surface area (Å²) in [6, 6.07) is 12.0. The number of rotatable bonds is 6. The van der Waals surface area contributed by atoms with Crippen molar-refractivity contribution < 1.29 is 14.3 Å². The van der Waals surface area contributed by atoms with E-state index in [1.807, 2.05) is 24.3 Å². The fourth-order valence-corrected chi connectivity index (χ4v) is 3.36. The minimum atomic E-state index is -0.579. The van der Waals surface area contributed by atoms with Crippen LogP contribution in [0.1, 0.15) is 10.4 Å². The Morgan fingerprint density at radius 3 is 2.71 bits per heavy atom. The third-order valence-electron chi connectivity index (χ3n) is 3.50. The van der Waals surface area contributed by atoms with Gasteiger partial charge in [-0.1, -0.05) is 39.3 Å². The van der Waals surface area contributed by atoms with Crippen LogP contribution in [0.5, 0.6) is 0 Å². The fourth-order valence-electron chi connectivity index (χ4n) is 2.21. The second-order valence-electron chi connectivity index (χ2n) is 5.37. The van der Waals surface area contributed by atoms with Gasteiger partial charge in [-0.2, -0.15) is 4.68 Å². The number of amides is 1. The molecule has 0 fully saturated rings. The summed E-state index contributed by atoms with van der Waals surface area (Å²) in [7, 11) is 1.26. The first-order valence-corrected chi connectivity index (χ1v) is 9.98. The summed E-state index contributed by atoms with van der Waals surface area (Å²) in [5.41, 5.74) is 1.38. The molecule has 0 aliphatic heterocycles. The molecule has 1 N–H and O–H groups in total. The standard InChI is InChI=1S/C17H13BrClN5O3S/c1-27-16(26)13-8-11(4-7-14(13)19)20-15(25)9-28-17-21-22-23-24(17)12-5-2-10(18)3-6-12/h2-8H,9H2,1H3,(H,20,25). The number of ether oxygens (including phenoxy) is 1. The molecule has 0 spiro atoms. The summed E-state index contributed by atoms with van der Waals surface area (Å²) in [6.07, 6.45) is 0. The Morgan fingerprint density at radius 1 is 1.25 bits per heavy atom. The van der Waals surface area contributed by atoms with Crippen molar-refractivity contribution in [3.05, 3.63) is 57.5 Å². The molecular formula is C17H13BrClN5O3S. The van der Waals surface area contributed by atoms with E-state index in [2.05, 4.69) is 41.5 Å². The first-order chi connectivity index (χ1) is 13.5. The van der Waals surface area contributed by atoms with E-state index >= 15 is 0 Å². The third-order valence-corrected chi connectivity index (χ3v) is 5.28. The highest BCUT2D eigenvalue weighted by atomic mass is 79.9. The minimum Gasteiger partial charge on any atom is -0.465 e. The van der Waals surface area contributed by atoms with E-state index in [1.165, 1.54) is 31.0 Å². The lowest BCUT2D eigenvalue weighted by Gasteiger charge is -2.08. The van der Waals surface area contributed by atoms with Crippen molar-refractivity contribution in [3.8, 4) is 5.69 Å². The lowest BCUT2D eigenvalue weighted by atomic mass is 10.2. The largest absolute Gasteiger partial charge is 0.465 e. The van der Waals surface area contributed by atoms with Gasteiger partial charge in [0.2, 0.25) is 11.1 Å². The highest BCUT2D eigenvalue weighted by molar-refractivity contribution is 9.10. The summed E-state index contributed by atoms with van der Waals surface area (Å²) in [4.78, 5) is 24.0. The molecule has 0 unspecified atom stereocenters. The van der Waals surface area contributed by atoms with Crippen LogP contribution < -0.4 is 5.32 Å². The van der Waals surface area contributed by atoms with Crippen LogP contribution >= 0.6 is 39.3 Å². The zero-order valence-electron chi connectivity index (χ0n) is 14.4. The predicted octanol–water partition coefficient (Wildman–Crippen LogP) is 3.60. The van der Waals surface area contributed by atoms with Crippen molar-refractivity contribution in [1.82, 2.24) is 20.2 Å². The van der Waals surface area contributed by atoms with Crippen LogP contribution in [0.25, 0.3) is 5.69 Å². The van der Waals surface area contributed by atoms with E-state index in [0.717, 1.165) is 10.2 Å². The predicted molar refractivity (Wildman–Crippen MR) is 109 cm³/mol. The van der Waals surface area contributed by atoms with Gasteiger partial charge >= 0.3 is 5.97 Å². The third kappa shape index (κ3) is 4.89. The normalized spacial score (nSPS) is 10.5. The number of benzene rings is 2. The number of carbonyl (C=O) groups excluding carboxylic acids is 2. The molecule has 0 radical (unpaired) electrons. The summed E-state index contributed by atoms with van der Waals surface area (Å²) in [5.74, 6) is -0.787. The van der Waals surface area contributed by atoms with Crippen LogP contribution in [0.3, 0.4) is 0 Å². The highest BCUT2D eigenvalue weighted by Crippen LogP contribution is 2.23. The lowest BCUT2D eigenvalue weighted by molar-refractivity contribution is -0.113. The van der Waals surface area contributed by atoms with E-state index in [1.54, 1.807) is 10.7 Å². The number of nitrogens with one attached hydrogen (secondary N) is 1.